The first kappa shape index (κ1) is 23.3. The maximum Gasteiger partial charge on any atom is 0.416 e. The van der Waals surface area contributed by atoms with Crippen LogP contribution in [0.25, 0.3) is 22.0 Å². The third-order valence-corrected chi connectivity index (χ3v) is 5.23. The fourth-order valence-corrected chi connectivity index (χ4v) is 3.80. The number of benzene rings is 2. The Balaban J connectivity index is 0.000000913. The number of rotatable bonds is 3. The van der Waals surface area contributed by atoms with Gasteiger partial charge in [0.15, 0.2) is 5.82 Å². The number of nitrogens with one attached hydrogen (secondary N) is 1. The quantitative estimate of drug-likeness (QED) is 0.516. The van der Waals surface area contributed by atoms with Gasteiger partial charge in [-0.25, -0.2) is 0 Å². The second kappa shape index (κ2) is 9.82. The monoisotopic (exact) mass is 448 g/mol. The summed E-state index contributed by atoms with van der Waals surface area (Å²) in [5.41, 5.74) is -0.348. The molecule has 0 spiro atoms. The van der Waals surface area contributed by atoms with Gasteiger partial charge in [-0.05, 0) is 44.6 Å². The fourth-order valence-electron chi connectivity index (χ4n) is 3.80. The number of aromatic nitrogens is 2. The topological polar surface area (TPSA) is 98.6 Å². The van der Waals surface area contributed by atoms with Crippen LogP contribution >= 0.6 is 0 Å². The number of aromatic hydroxyl groups is 1. The molecule has 10 heteroatoms. The molecule has 2 heterocycles. The molecule has 1 fully saturated rings. The van der Waals surface area contributed by atoms with E-state index >= 15 is 0 Å². The second-order valence-corrected chi connectivity index (χ2v) is 7.52. The first-order valence-corrected chi connectivity index (χ1v) is 9.93. The number of carbonyl (C=O) groups is 1. The lowest BCUT2D eigenvalue weighted by atomic mass is 10.0. The van der Waals surface area contributed by atoms with Gasteiger partial charge in [-0.3, -0.25) is 4.79 Å². The number of likely N-dealkylation sites (N-methyl/N-ethyl adjacent to an activating group) is 1. The average molecular weight is 448 g/mol. The Kier molecular flexibility index (Phi) is 7.14. The van der Waals surface area contributed by atoms with Gasteiger partial charge < -0.3 is 20.4 Å². The minimum Gasteiger partial charge on any atom is -0.507 e. The van der Waals surface area contributed by atoms with E-state index in [1.807, 2.05) is 24.3 Å². The van der Waals surface area contributed by atoms with Gasteiger partial charge in [0.25, 0.3) is 6.47 Å². The summed E-state index contributed by atoms with van der Waals surface area (Å²) in [7, 11) is 2.08. The number of hydrogen-bond acceptors (Lipinski definition) is 6. The van der Waals surface area contributed by atoms with E-state index in [1.54, 1.807) is 0 Å². The van der Waals surface area contributed by atoms with Crippen LogP contribution in [0.3, 0.4) is 0 Å². The lowest BCUT2D eigenvalue weighted by molar-refractivity contribution is -0.137. The standard InChI is InChI=1S/C21H21F3N4O.CH2O2/c1-28-10-4-5-14(12-28)25-20-16-7-3-2-6-15(16)19(26-27-20)17-9-8-13(11-18(17)29)21(22,23)24;2-1-3/h2-3,6-9,11,14,29H,4-5,10,12H2,1H3,(H,25,27);1H,(H,2,3)/t14-;/m1./s1. The van der Waals surface area contributed by atoms with E-state index in [1.165, 1.54) is 6.07 Å². The fraction of sp³-hybridized carbons (Fsp3) is 0.318. The number of hydrogen-bond donors (Lipinski definition) is 3. The number of piperidine rings is 1. The van der Waals surface area contributed by atoms with Crippen molar-refractivity contribution in [1.29, 1.82) is 0 Å². The summed E-state index contributed by atoms with van der Waals surface area (Å²) in [6.45, 7) is 1.72. The number of anilines is 1. The van der Waals surface area contributed by atoms with Crippen LogP contribution in [-0.4, -0.2) is 58.0 Å². The maximum absolute atomic E-state index is 12.9. The Morgan fingerprint density at radius 1 is 1.16 bits per heavy atom. The molecule has 0 unspecified atom stereocenters. The molecular formula is C22H23F3N4O3. The minimum absolute atomic E-state index is 0.214. The Bertz CT molecular complexity index is 1090. The van der Waals surface area contributed by atoms with E-state index in [-0.39, 0.29) is 18.1 Å². The SMILES string of the molecule is CN1CCC[C@@H](Nc2nnc(-c3ccc(C(F)(F)F)cc3O)c3ccccc23)C1.O=CO. The van der Waals surface area contributed by atoms with Gasteiger partial charge >= 0.3 is 6.18 Å². The number of fused-ring (bicyclic) bond motifs is 1. The number of phenolic OH excluding ortho intramolecular Hbond substituents is 1. The maximum atomic E-state index is 12.9. The van der Waals surface area contributed by atoms with Crippen molar-refractivity contribution < 1.29 is 28.2 Å². The van der Waals surface area contributed by atoms with Crippen molar-refractivity contribution in [1.82, 2.24) is 15.1 Å². The molecule has 1 aliphatic heterocycles. The lowest BCUT2D eigenvalue weighted by Crippen LogP contribution is -2.40. The highest BCUT2D eigenvalue weighted by Crippen LogP contribution is 2.38. The van der Waals surface area contributed by atoms with Crippen LogP contribution in [0.2, 0.25) is 0 Å². The third-order valence-electron chi connectivity index (χ3n) is 5.23. The molecule has 1 atom stereocenters. The molecule has 2 aromatic carbocycles. The van der Waals surface area contributed by atoms with Crippen molar-refractivity contribution in [3.63, 3.8) is 0 Å². The van der Waals surface area contributed by atoms with Crippen molar-refractivity contribution in [2.24, 2.45) is 0 Å². The lowest BCUT2D eigenvalue weighted by Gasteiger charge is -2.30. The highest BCUT2D eigenvalue weighted by atomic mass is 19.4. The number of halogens is 3. The number of likely N-dealkylation sites (tertiary alicyclic amines) is 1. The first-order valence-electron chi connectivity index (χ1n) is 9.93. The second-order valence-electron chi connectivity index (χ2n) is 7.52. The van der Waals surface area contributed by atoms with Gasteiger partial charge in [0.1, 0.15) is 11.4 Å². The van der Waals surface area contributed by atoms with Gasteiger partial charge in [-0.2, -0.15) is 13.2 Å². The smallest absolute Gasteiger partial charge is 0.416 e. The van der Waals surface area contributed by atoms with Crippen molar-refractivity contribution in [2.75, 3.05) is 25.5 Å². The summed E-state index contributed by atoms with van der Waals surface area (Å²) in [5, 5.41) is 30.6. The molecule has 7 nitrogen and oxygen atoms in total. The highest BCUT2D eigenvalue weighted by Gasteiger charge is 2.31. The van der Waals surface area contributed by atoms with E-state index in [2.05, 4.69) is 27.5 Å². The van der Waals surface area contributed by atoms with Crippen LogP contribution in [0.5, 0.6) is 5.75 Å². The molecule has 0 saturated carbocycles. The van der Waals surface area contributed by atoms with Crippen molar-refractivity contribution in [3.05, 3.63) is 48.0 Å². The molecule has 170 valence electrons. The van der Waals surface area contributed by atoms with Gasteiger partial charge in [-0.1, -0.05) is 24.3 Å². The van der Waals surface area contributed by atoms with E-state index in [4.69, 9.17) is 9.90 Å². The van der Waals surface area contributed by atoms with Gasteiger partial charge in [0.05, 0.1) is 5.56 Å². The van der Waals surface area contributed by atoms with Crippen LogP contribution in [0.4, 0.5) is 19.0 Å². The highest BCUT2D eigenvalue weighted by molar-refractivity contribution is 6.00. The molecule has 1 aromatic heterocycles. The predicted molar refractivity (Wildman–Crippen MR) is 114 cm³/mol. The zero-order valence-electron chi connectivity index (χ0n) is 17.3. The molecule has 0 amide bonds. The number of carboxylic acid groups (broad SMARTS) is 1. The molecule has 3 aromatic rings. The molecule has 0 radical (unpaired) electrons. The van der Waals surface area contributed by atoms with Crippen LogP contribution in [0.1, 0.15) is 18.4 Å². The summed E-state index contributed by atoms with van der Waals surface area (Å²) in [6, 6.07) is 10.6. The zero-order chi connectivity index (χ0) is 23.3. The minimum atomic E-state index is -4.52. The van der Waals surface area contributed by atoms with Gasteiger partial charge in [-0.15, -0.1) is 10.2 Å². The van der Waals surface area contributed by atoms with Crippen LogP contribution in [0, 0.1) is 0 Å². The summed E-state index contributed by atoms with van der Waals surface area (Å²) in [6.07, 6.45) is -2.40. The molecule has 1 aliphatic rings. The van der Waals surface area contributed by atoms with Gasteiger partial charge in [0, 0.05) is 28.9 Å². The molecule has 1 saturated heterocycles. The van der Waals surface area contributed by atoms with Crippen molar-refractivity contribution in [3.8, 4) is 17.0 Å². The third kappa shape index (κ3) is 5.25. The summed E-state index contributed by atoms with van der Waals surface area (Å²) < 4.78 is 38.7. The summed E-state index contributed by atoms with van der Waals surface area (Å²) in [5.74, 6) is 0.157. The summed E-state index contributed by atoms with van der Waals surface area (Å²) in [4.78, 5) is 10.6. The zero-order valence-corrected chi connectivity index (χ0v) is 17.3. The Labute approximate surface area is 182 Å². The largest absolute Gasteiger partial charge is 0.507 e. The molecule has 0 aliphatic carbocycles. The van der Waals surface area contributed by atoms with E-state index in [9.17, 15) is 18.3 Å². The first-order chi connectivity index (χ1) is 15.2. The van der Waals surface area contributed by atoms with E-state index in [0.29, 0.717) is 16.9 Å². The Morgan fingerprint density at radius 2 is 1.84 bits per heavy atom. The van der Waals surface area contributed by atoms with E-state index < -0.39 is 17.5 Å². The molecular weight excluding hydrogens is 425 g/mol. The number of nitrogens with zero attached hydrogens (tertiary/aromatic N) is 3. The van der Waals surface area contributed by atoms with E-state index in [0.717, 1.165) is 43.5 Å². The van der Waals surface area contributed by atoms with Crippen LogP contribution in [-0.2, 0) is 11.0 Å². The van der Waals surface area contributed by atoms with Crippen molar-refractivity contribution in [2.45, 2.75) is 25.1 Å². The summed E-state index contributed by atoms with van der Waals surface area (Å²) >= 11 is 0. The van der Waals surface area contributed by atoms with Gasteiger partial charge in [0.2, 0.25) is 0 Å². The predicted octanol–water partition coefficient (Wildman–Crippen LogP) is 4.23. The number of phenols is 1. The Hall–Kier alpha value is -3.40. The molecule has 0 bridgehead atoms. The number of alkyl halides is 3. The van der Waals surface area contributed by atoms with Crippen LogP contribution in [0.15, 0.2) is 42.5 Å². The molecule has 3 N–H and O–H groups in total. The van der Waals surface area contributed by atoms with Crippen molar-refractivity contribution >= 4 is 23.1 Å². The molecule has 32 heavy (non-hydrogen) atoms. The normalized spacial score (nSPS) is 16.8. The average Bonchev–Trinajstić information content (AvgIpc) is 2.74. The Morgan fingerprint density at radius 3 is 2.47 bits per heavy atom. The van der Waals surface area contributed by atoms with Crippen LogP contribution < -0.4 is 5.32 Å². The molecule has 4 rings (SSSR count).